The van der Waals surface area contributed by atoms with E-state index in [0.29, 0.717) is 12.2 Å². The number of nitrogens with two attached hydrogens (primary N) is 1. The number of hydrogen-bond donors (Lipinski definition) is 2. The predicted molar refractivity (Wildman–Crippen MR) is 60.4 cm³/mol. The lowest BCUT2D eigenvalue weighted by atomic mass is 10.2. The number of nitrogens with zero attached hydrogens (tertiary/aromatic N) is 3. The lowest BCUT2D eigenvalue weighted by molar-refractivity contribution is -0.121. The molecule has 0 bridgehead atoms. The van der Waals surface area contributed by atoms with Gasteiger partial charge in [0.1, 0.15) is 6.54 Å². The minimum Gasteiger partial charge on any atom is -0.354 e. The van der Waals surface area contributed by atoms with Gasteiger partial charge in [-0.25, -0.2) is 4.68 Å². The number of aromatic nitrogens is 3. The minimum atomic E-state index is -0.0374. The normalized spacial score (nSPS) is 10.4. The maximum absolute atomic E-state index is 11.4. The molecule has 1 amide bonds. The summed E-state index contributed by atoms with van der Waals surface area (Å²) < 4.78 is 1.50. The summed E-state index contributed by atoms with van der Waals surface area (Å²) in [6.45, 7) is 3.41. The number of rotatable bonds is 7. The number of carbonyl (C=O) groups excluding carboxylic acids is 1. The van der Waals surface area contributed by atoms with Crippen molar-refractivity contribution < 1.29 is 4.79 Å². The van der Waals surface area contributed by atoms with Crippen LogP contribution >= 0.6 is 0 Å². The smallest absolute Gasteiger partial charge is 0.241 e. The second-order valence-corrected chi connectivity index (χ2v) is 3.67. The SMILES string of the molecule is CCCCCNC(=O)Cn1cc(CN)nn1. The predicted octanol–water partition coefficient (Wildman–Crippen LogP) is 0.0432. The third-order valence-corrected chi connectivity index (χ3v) is 2.20. The van der Waals surface area contributed by atoms with Gasteiger partial charge in [-0.3, -0.25) is 4.79 Å². The molecule has 6 nitrogen and oxygen atoms in total. The van der Waals surface area contributed by atoms with E-state index in [9.17, 15) is 4.79 Å². The van der Waals surface area contributed by atoms with E-state index in [1.54, 1.807) is 6.20 Å². The zero-order chi connectivity index (χ0) is 11.8. The Bertz CT molecular complexity index is 323. The van der Waals surface area contributed by atoms with Gasteiger partial charge in [0.15, 0.2) is 0 Å². The van der Waals surface area contributed by atoms with Gasteiger partial charge < -0.3 is 11.1 Å². The van der Waals surface area contributed by atoms with Gasteiger partial charge in [0.25, 0.3) is 0 Å². The molecule has 6 heteroatoms. The van der Waals surface area contributed by atoms with Gasteiger partial charge in [0, 0.05) is 13.1 Å². The van der Waals surface area contributed by atoms with Crippen LogP contribution in [-0.4, -0.2) is 27.4 Å². The third kappa shape index (κ3) is 4.39. The van der Waals surface area contributed by atoms with Crippen molar-refractivity contribution >= 4 is 5.91 Å². The number of hydrogen-bond acceptors (Lipinski definition) is 4. The third-order valence-electron chi connectivity index (χ3n) is 2.20. The Morgan fingerprint density at radius 3 is 3.00 bits per heavy atom. The lowest BCUT2D eigenvalue weighted by Crippen LogP contribution is -2.28. The van der Waals surface area contributed by atoms with E-state index in [4.69, 9.17) is 5.73 Å². The van der Waals surface area contributed by atoms with Crippen LogP contribution in [0.2, 0.25) is 0 Å². The molecule has 16 heavy (non-hydrogen) atoms. The molecule has 0 atom stereocenters. The molecule has 0 aliphatic carbocycles. The molecule has 1 rings (SSSR count). The molecule has 0 fully saturated rings. The molecule has 0 saturated carbocycles. The molecule has 0 aromatic carbocycles. The zero-order valence-electron chi connectivity index (χ0n) is 9.65. The molecule has 1 aromatic rings. The lowest BCUT2D eigenvalue weighted by Gasteiger charge is -2.03. The van der Waals surface area contributed by atoms with E-state index in [1.165, 1.54) is 4.68 Å². The molecule has 1 heterocycles. The van der Waals surface area contributed by atoms with Gasteiger partial charge >= 0.3 is 0 Å². The van der Waals surface area contributed by atoms with Gasteiger partial charge in [-0.15, -0.1) is 5.10 Å². The Hall–Kier alpha value is -1.43. The van der Waals surface area contributed by atoms with Crippen LogP contribution in [0.3, 0.4) is 0 Å². The minimum absolute atomic E-state index is 0.0374. The van der Waals surface area contributed by atoms with Crippen molar-refractivity contribution in [2.75, 3.05) is 6.54 Å². The Labute approximate surface area is 95.2 Å². The molecule has 90 valence electrons. The summed E-state index contributed by atoms with van der Waals surface area (Å²) in [5, 5.41) is 10.4. The molecule has 1 aromatic heterocycles. The van der Waals surface area contributed by atoms with Gasteiger partial charge in [0.2, 0.25) is 5.91 Å². The number of carbonyl (C=O) groups is 1. The Morgan fingerprint density at radius 1 is 1.56 bits per heavy atom. The van der Waals surface area contributed by atoms with Gasteiger partial charge in [-0.2, -0.15) is 0 Å². The van der Waals surface area contributed by atoms with Crippen molar-refractivity contribution in [3.63, 3.8) is 0 Å². The van der Waals surface area contributed by atoms with Crippen molar-refractivity contribution in [1.82, 2.24) is 20.3 Å². The van der Waals surface area contributed by atoms with E-state index < -0.39 is 0 Å². The van der Waals surface area contributed by atoms with Crippen LogP contribution in [0.1, 0.15) is 31.9 Å². The monoisotopic (exact) mass is 225 g/mol. The quantitative estimate of drug-likeness (QED) is 0.642. The summed E-state index contributed by atoms with van der Waals surface area (Å²) in [6, 6.07) is 0. The Balaban J connectivity index is 2.23. The largest absolute Gasteiger partial charge is 0.354 e. The first-order valence-corrected chi connectivity index (χ1v) is 5.62. The highest BCUT2D eigenvalue weighted by atomic mass is 16.2. The van der Waals surface area contributed by atoms with Crippen LogP contribution in [0, 0.1) is 0 Å². The molecular weight excluding hydrogens is 206 g/mol. The zero-order valence-corrected chi connectivity index (χ0v) is 9.65. The van der Waals surface area contributed by atoms with Crippen LogP contribution in [0.4, 0.5) is 0 Å². The van der Waals surface area contributed by atoms with E-state index in [-0.39, 0.29) is 12.5 Å². The summed E-state index contributed by atoms with van der Waals surface area (Å²) in [6.07, 6.45) is 5.00. The fraction of sp³-hybridized carbons (Fsp3) is 0.700. The second kappa shape index (κ2) is 6.95. The molecule has 3 N–H and O–H groups in total. The number of amides is 1. The van der Waals surface area contributed by atoms with Crippen molar-refractivity contribution in [1.29, 1.82) is 0 Å². The van der Waals surface area contributed by atoms with E-state index >= 15 is 0 Å². The topological polar surface area (TPSA) is 85.8 Å². The average molecular weight is 225 g/mol. The highest BCUT2D eigenvalue weighted by Gasteiger charge is 2.04. The summed E-state index contributed by atoms with van der Waals surface area (Å²) in [5.74, 6) is -0.0374. The maximum Gasteiger partial charge on any atom is 0.241 e. The van der Waals surface area contributed by atoms with Crippen molar-refractivity contribution in [2.24, 2.45) is 5.73 Å². The van der Waals surface area contributed by atoms with E-state index in [2.05, 4.69) is 22.6 Å². The molecule has 0 unspecified atom stereocenters. The molecule has 0 spiro atoms. The van der Waals surface area contributed by atoms with Crippen molar-refractivity contribution in [3.05, 3.63) is 11.9 Å². The molecular formula is C10H19N5O. The van der Waals surface area contributed by atoms with E-state index in [0.717, 1.165) is 25.8 Å². The van der Waals surface area contributed by atoms with Gasteiger partial charge in [-0.05, 0) is 6.42 Å². The highest BCUT2D eigenvalue weighted by Crippen LogP contribution is 1.93. The van der Waals surface area contributed by atoms with Crippen molar-refractivity contribution in [2.45, 2.75) is 39.3 Å². The number of nitrogens with one attached hydrogen (secondary N) is 1. The maximum atomic E-state index is 11.4. The second-order valence-electron chi connectivity index (χ2n) is 3.67. The first-order valence-electron chi connectivity index (χ1n) is 5.62. The fourth-order valence-electron chi connectivity index (χ4n) is 1.32. The van der Waals surface area contributed by atoms with E-state index in [1.807, 2.05) is 0 Å². The van der Waals surface area contributed by atoms with Crippen LogP contribution in [0.25, 0.3) is 0 Å². The van der Waals surface area contributed by atoms with Crippen LogP contribution in [-0.2, 0) is 17.9 Å². The molecule has 0 radical (unpaired) electrons. The molecule has 0 aliphatic heterocycles. The first kappa shape index (κ1) is 12.6. The summed E-state index contributed by atoms with van der Waals surface area (Å²) in [7, 11) is 0. The number of unbranched alkanes of at least 4 members (excludes halogenated alkanes) is 2. The average Bonchev–Trinajstić information content (AvgIpc) is 2.72. The first-order chi connectivity index (χ1) is 7.76. The van der Waals surface area contributed by atoms with Crippen LogP contribution < -0.4 is 11.1 Å². The fourth-order valence-corrected chi connectivity index (χ4v) is 1.32. The Morgan fingerprint density at radius 2 is 2.38 bits per heavy atom. The Kier molecular flexibility index (Phi) is 5.49. The summed E-state index contributed by atoms with van der Waals surface area (Å²) in [5.41, 5.74) is 6.08. The van der Waals surface area contributed by atoms with Crippen molar-refractivity contribution in [3.8, 4) is 0 Å². The summed E-state index contributed by atoms with van der Waals surface area (Å²) >= 11 is 0. The molecule has 0 saturated heterocycles. The highest BCUT2D eigenvalue weighted by molar-refractivity contribution is 5.75. The summed E-state index contributed by atoms with van der Waals surface area (Å²) in [4.78, 5) is 11.4. The van der Waals surface area contributed by atoms with Gasteiger partial charge in [-0.1, -0.05) is 25.0 Å². The van der Waals surface area contributed by atoms with Gasteiger partial charge in [0.05, 0.1) is 11.9 Å². The standard InChI is InChI=1S/C10H19N5O/c1-2-3-4-5-12-10(16)8-15-7-9(6-11)13-14-15/h7H,2-6,8,11H2,1H3,(H,12,16). The van der Waals surface area contributed by atoms with Crippen LogP contribution in [0.15, 0.2) is 6.20 Å². The van der Waals surface area contributed by atoms with Crippen LogP contribution in [0.5, 0.6) is 0 Å². The molecule has 0 aliphatic rings.